The van der Waals surface area contributed by atoms with E-state index in [-0.39, 0.29) is 18.4 Å². The molecule has 0 bridgehead atoms. The molecule has 3 aromatic rings. The molecule has 1 saturated heterocycles. The summed E-state index contributed by atoms with van der Waals surface area (Å²) >= 11 is 0. The average Bonchev–Trinajstić information content (AvgIpc) is 3.66. The number of oxime groups is 1. The van der Waals surface area contributed by atoms with E-state index >= 15 is 0 Å². The Morgan fingerprint density at radius 2 is 1.62 bits per heavy atom. The zero-order chi connectivity index (χ0) is 27.9. The Morgan fingerprint density at radius 3 is 2.27 bits per heavy atom. The molecule has 1 fully saturated rings. The highest BCUT2D eigenvalue weighted by Crippen LogP contribution is 2.44. The van der Waals surface area contributed by atoms with E-state index in [0.29, 0.717) is 25.9 Å². The molecular weight excluding hydrogens is 502 g/mol. The largest absolute Gasteiger partial charge is 0.449 e. The van der Waals surface area contributed by atoms with Crippen LogP contribution < -0.4 is 5.32 Å². The van der Waals surface area contributed by atoms with Crippen LogP contribution in [0.3, 0.4) is 0 Å². The molecule has 3 aliphatic rings. The predicted molar refractivity (Wildman–Crippen MR) is 154 cm³/mol. The first-order valence-corrected chi connectivity index (χ1v) is 13.9. The van der Waals surface area contributed by atoms with Crippen molar-refractivity contribution in [2.75, 3.05) is 19.7 Å². The monoisotopic (exact) mass is 537 g/mol. The fourth-order valence-corrected chi connectivity index (χ4v) is 6.15. The van der Waals surface area contributed by atoms with E-state index in [1.165, 1.54) is 11.1 Å². The van der Waals surface area contributed by atoms with Gasteiger partial charge < -0.3 is 19.8 Å². The molecule has 2 atom stereocenters. The summed E-state index contributed by atoms with van der Waals surface area (Å²) in [5.74, 6) is -0.173. The third-order valence-corrected chi connectivity index (χ3v) is 8.29. The maximum atomic E-state index is 13.8. The van der Waals surface area contributed by atoms with Gasteiger partial charge >= 0.3 is 6.09 Å². The van der Waals surface area contributed by atoms with Gasteiger partial charge in [0.25, 0.3) is 0 Å². The van der Waals surface area contributed by atoms with Gasteiger partial charge in [0, 0.05) is 25.3 Å². The number of ether oxygens (including phenoxy) is 1. The summed E-state index contributed by atoms with van der Waals surface area (Å²) < 4.78 is 5.77. The molecule has 2 aliphatic heterocycles. The highest BCUT2D eigenvalue weighted by Gasteiger charge is 2.49. The van der Waals surface area contributed by atoms with Crippen molar-refractivity contribution in [1.82, 2.24) is 10.2 Å². The summed E-state index contributed by atoms with van der Waals surface area (Å²) in [7, 11) is 0. The Kier molecular flexibility index (Phi) is 6.61. The fourth-order valence-electron chi connectivity index (χ4n) is 6.15. The van der Waals surface area contributed by atoms with Crippen molar-refractivity contribution in [3.63, 3.8) is 0 Å². The minimum absolute atomic E-state index is 0.0429. The zero-order valence-corrected chi connectivity index (χ0v) is 23.2. The molecule has 0 saturated carbocycles. The number of likely N-dealkylation sites (tertiary alicyclic amines) is 1. The third-order valence-electron chi connectivity index (χ3n) is 8.29. The SMILES string of the molecule is CC(C)(C)C(NC(=O)OCC1c2ccccc2-c2ccccc21)C(=O)N1CC[C@]2(CC(c3ccccc3)=NO2)C1. The summed E-state index contributed by atoms with van der Waals surface area (Å²) in [4.78, 5) is 34.6. The molecule has 3 aromatic carbocycles. The molecule has 1 unspecified atom stereocenters. The molecule has 1 N–H and O–H groups in total. The number of alkyl carbamates (subject to hydrolysis) is 1. The lowest BCUT2D eigenvalue weighted by Gasteiger charge is -2.33. The first-order valence-electron chi connectivity index (χ1n) is 13.9. The summed E-state index contributed by atoms with van der Waals surface area (Å²) in [6, 6.07) is 25.7. The average molecular weight is 538 g/mol. The molecule has 0 radical (unpaired) electrons. The first kappa shape index (κ1) is 26.1. The van der Waals surface area contributed by atoms with Gasteiger partial charge in [-0.05, 0) is 33.2 Å². The van der Waals surface area contributed by atoms with Gasteiger partial charge in [0.2, 0.25) is 5.91 Å². The number of hydrogen-bond acceptors (Lipinski definition) is 5. The van der Waals surface area contributed by atoms with Gasteiger partial charge in [-0.2, -0.15) is 0 Å². The highest BCUT2D eigenvalue weighted by molar-refractivity contribution is 6.01. The Labute approximate surface area is 235 Å². The third kappa shape index (κ3) is 4.85. The second-order valence-corrected chi connectivity index (χ2v) is 12.1. The van der Waals surface area contributed by atoms with Crippen LogP contribution in [-0.2, 0) is 14.4 Å². The molecule has 206 valence electrons. The number of hydrogen-bond donors (Lipinski definition) is 1. The molecule has 2 heterocycles. The van der Waals surface area contributed by atoms with Crippen LogP contribution in [0.1, 0.15) is 56.2 Å². The van der Waals surface area contributed by atoms with E-state index in [2.05, 4.69) is 34.7 Å². The lowest BCUT2D eigenvalue weighted by molar-refractivity contribution is -0.136. The molecular formula is C33H35N3O4. The van der Waals surface area contributed by atoms with Crippen LogP contribution in [0.2, 0.25) is 0 Å². The van der Waals surface area contributed by atoms with E-state index in [9.17, 15) is 9.59 Å². The van der Waals surface area contributed by atoms with Crippen molar-refractivity contribution in [2.45, 2.75) is 51.2 Å². The van der Waals surface area contributed by atoms with Crippen molar-refractivity contribution in [3.8, 4) is 11.1 Å². The normalized spacial score (nSPS) is 20.5. The van der Waals surface area contributed by atoms with Gasteiger partial charge in [-0.1, -0.05) is 105 Å². The first-order chi connectivity index (χ1) is 19.2. The Morgan fingerprint density at radius 1 is 1.00 bits per heavy atom. The fraction of sp³-hybridized carbons (Fsp3) is 0.364. The quantitative estimate of drug-likeness (QED) is 0.450. The number of carbonyl (C=O) groups is 2. The maximum Gasteiger partial charge on any atom is 0.407 e. The molecule has 2 amide bonds. The van der Waals surface area contributed by atoms with Crippen molar-refractivity contribution in [3.05, 3.63) is 95.6 Å². The second kappa shape index (κ2) is 10.1. The lowest BCUT2D eigenvalue weighted by Crippen LogP contribution is -2.55. The molecule has 40 heavy (non-hydrogen) atoms. The molecule has 7 nitrogen and oxygen atoms in total. The molecule has 1 aliphatic carbocycles. The van der Waals surface area contributed by atoms with Gasteiger partial charge in [0.15, 0.2) is 5.60 Å². The van der Waals surface area contributed by atoms with E-state index in [0.717, 1.165) is 22.4 Å². The molecule has 0 aromatic heterocycles. The number of carbonyl (C=O) groups excluding carboxylic acids is 2. The van der Waals surface area contributed by atoms with E-state index in [1.807, 2.05) is 75.4 Å². The van der Waals surface area contributed by atoms with Gasteiger partial charge in [-0.25, -0.2) is 4.79 Å². The maximum absolute atomic E-state index is 13.8. The van der Waals surface area contributed by atoms with Crippen molar-refractivity contribution in [2.24, 2.45) is 10.6 Å². The van der Waals surface area contributed by atoms with Gasteiger partial charge in [0.05, 0.1) is 12.3 Å². The topological polar surface area (TPSA) is 80.2 Å². The number of nitrogens with zero attached hydrogens (tertiary/aromatic N) is 2. The molecule has 7 heteroatoms. The van der Waals surface area contributed by atoms with E-state index < -0.39 is 23.2 Å². The minimum atomic E-state index is -0.741. The lowest BCUT2D eigenvalue weighted by atomic mass is 9.86. The van der Waals surface area contributed by atoms with Crippen LogP contribution in [0.15, 0.2) is 84.0 Å². The van der Waals surface area contributed by atoms with Gasteiger partial charge in [0.1, 0.15) is 12.6 Å². The van der Waals surface area contributed by atoms with Crippen LogP contribution >= 0.6 is 0 Å². The standard InChI is InChI=1S/C33H35N3O4/c1-32(2,3)29(30(37)36-18-17-33(21-36)19-28(35-40-33)22-11-5-4-6-12-22)34-31(38)39-20-27-25-15-9-7-13-23(25)24-14-8-10-16-26(24)27/h4-16,27,29H,17-21H2,1-3H3,(H,34,38)/t29?,33-/m0/s1. The second-order valence-electron chi connectivity index (χ2n) is 12.1. The molecule has 6 rings (SSSR count). The van der Waals surface area contributed by atoms with Crippen LogP contribution in [-0.4, -0.2) is 54.0 Å². The smallest absolute Gasteiger partial charge is 0.407 e. The predicted octanol–water partition coefficient (Wildman–Crippen LogP) is 5.74. The van der Waals surface area contributed by atoms with Crippen molar-refractivity contribution < 1.29 is 19.2 Å². The molecule has 1 spiro atoms. The number of amides is 2. The van der Waals surface area contributed by atoms with E-state index in [1.54, 1.807) is 4.90 Å². The van der Waals surface area contributed by atoms with Crippen LogP contribution in [0, 0.1) is 5.41 Å². The highest BCUT2D eigenvalue weighted by atomic mass is 16.7. The summed E-state index contributed by atoms with van der Waals surface area (Å²) in [6.07, 6.45) is 0.761. The Bertz CT molecular complexity index is 1420. The van der Waals surface area contributed by atoms with E-state index in [4.69, 9.17) is 9.57 Å². The van der Waals surface area contributed by atoms with Gasteiger partial charge in [-0.3, -0.25) is 4.79 Å². The number of nitrogens with one attached hydrogen (secondary N) is 1. The number of fused-ring (bicyclic) bond motifs is 3. The van der Waals surface area contributed by atoms with Crippen molar-refractivity contribution >= 4 is 17.7 Å². The zero-order valence-electron chi connectivity index (χ0n) is 23.2. The number of rotatable bonds is 5. The van der Waals surface area contributed by atoms with Crippen LogP contribution in [0.25, 0.3) is 11.1 Å². The van der Waals surface area contributed by atoms with Crippen molar-refractivity contribution in [1.29, 1.82) is 0 Å². The summed E-state index contributed by atoms with van der Waals surface area (Å²) in [5, 5.41) is 7.26. The summed E-state index contributed by atoms with van der Waals surface area (Å²) in [6.45, 7) is 7.04. The summed E-state index contributed by atoms with van der Waals surface area (Å²) in [5.41, 5.74) is 5.55. The Hall–Kier alpha value is -4.13. The van der Waals surface area contributed by atoms with Crippen LogP contribution in [0.5, 0.6) is 0 Å². The minimum Gasteiger partial charge on any atom is -0.449 e. The van der Waals surface area contributed by atoms with Crippen LogP contribution in [0.4, 0.5) is 4.79 Å². The Balaban J connectivity index is 1.10. The number of benzene rings is 3. The van der Waals surface area contributed by atoms with Gasteiger partial charge in [-0.15, -0.1) is 0 Å².